The summed E-state index contributed by atoms with van der Waals surface area (Å²) in [5.74, 6) is -1.00. The normalized spacial score (nSPS) is 13.2. The lowest BCUT2D eigenvalue weighted by molar-refractivity contribution is -0.139. The van der Waals surface area contributed by atoms with E-state index >= 15 is 0 Å². The number of halogens is 1. The van der Waals surface area contributed by atoms with Gasteiger partial charge in [-0.05, 0) is 49.4 Å². The number of carboxylic acid groups (broad SMARTS) is 1. The van der Waals surface area contributed by atoms with Crippen LogP contribution in [0.15, 0.2) is 24.3 Å². The van der Waals surface area contributed by atoms with Crippen molar-refractivity contribution in [3.05, 3.63) is 40.7 Å². The number of aliphatic carboxylic acids is 1. The van der Waals surface area contributed by atoms with Crippen LogP contribution in [0.25, 0.3) is 11.4 Å². The summed E-state index contributed by atoms with van der Waals surface area (Å²) in [5, 5.41) is 41.3. The first-order valence-corrected chi connectivity index (χ1v) is 11.3. The van der Waals surface area contributed by atoms with Crippen molar-refractivity contribution in [2.75, 3.05) is 13.2 Å². The minimum atomic E-state index is -1.14. The van der Waals surface area contributed by atoms with E-state index in [1.807, 2.05) is 18.4 Å². The van der Waals surface area contributed by atoms with Gasteiger partial charge in [0.2, 0.25) is 0 Å². The summed E-state index contributed by atoms with van der Waals surface area (Å²) in [6.07, 6.45) is -1.91. The molecule has 0 aliphatic heterocycles. The van der Waals surface area contributed by atoms with Gasteiger partial charge in [-0.15, -0.1) is 0 Å². The van der Waals surface area contributed by atoms with E-state index in [9.17, 15) is 19.8 Å². The first kappa shape index (κ1) is 26.8. The maximum Gasteiger partial charge on any atom is 0.305 e. The zero-order chi connectivity index (χ0) is 24.5. The number of hydrogen-bond acceptors (Lipinski definition) is 6. The van der Waals surface area contributed by atoms with Crippen molar-refractivity contribution in [1.29, 1.82) is 0 Å². The number of nitrogens with one attached hydrogen (secondary N) is 1. The maximum atomic E-state index is 12.9. The molecule has 0 bridgehead atoms. The summed E-state index contributed by atoms with van der Waals surface area (Å²) in [4.78, 5) is 28.2. The summed E-state index contributed by atoms with van der Waals surface area (Å²) in [6, 6.07) is 7.05. The van der Waals surface area contributed by atoms with E-state index in [0.29, 0.717) is 36.1 Å². The first-order chi connectivity index (χ1) is 15.6. The lowest BCUT2D eigenvalue weighted by Crippen LogP contribution is -2.27. The minimum absolute atomic E-state index is 0.0343. The third-order valence-corrected chi connectivity index (χ3v) is 5.38. The Morgan fingerprint density at radius 1 is 1.15 bits per heavy atom. The standard InChI is InChI=1S/C23H32ClN3O6/c1-14(2)21-20(23(33)25-9-3-11-28)26-22(15-4-6-16(24)7-5-15)27(21)10-8-17(29)12-18(30)13-19(31)32/h4-7,14,17-18,28-30H,3,8-13H2,1-2H3,(H,25,33)(H,31,32)/t17-,18-/m1/s1. The number of rotatable bonds is 13. The van der Waals surface area contributed by atoms with E-state index in [1.165, 1.54) is 0 Å². The number of carbonyl (C=O) groups excluding carboxylic acids is 1. The van der Waals surface area contributed by atoms with Gasteiger partial charge in [-0.1, -0.05) is 25.4 Å². The second kappa shape index (κ2) is 12.7. The third-order valence-electron chi connectivity index (χ3n) is 5.13. The Morgan fingerprint density at radius 2 is 1.82 bits per heavy atom. The monoisotopic (exact) mass is 481 g/mol. The van der Waals surface area contributed by atoms with Crippen molar-refractivity contribution in [3.8, 4) is 11.4 Å². The first-order valence-electron chi connectivity index (χ1n) is 11.0. The Morgan fingerprint density at radius 3 is 2.39 bits per heavy atom. The predicted octanol–water partition coefficient (Wildman–Crippen LogP) is 2.42. The van der Waals surface area contributed by atoms with Crippen molar-refractivity contribution in [2.24, 2.45) is 0 Å². The Balaban J connectivity index is 2.37. The molecule has 182 valence electrons. The number of hydrogen-bond donors (Lipinski definition) is 5. The molecular weight excluding hydrogens is 450 g/mol. The highest BCUT2D eigenvalue weighted by Crippen LogP contribution is 2.29. The van der Waals surface area contributed by atoms with Gasteiger partial charge in [-0.2, -0.15) is 0 Å². The molecule has 2 rings (SSSR count). The van der Waals surface area contributed by atoms with Crippen molar-refractivity contribution < 1.29 is 30.0 Å². The average Bonchev–Trinajstić information content (AvgIpc) is 3.12. The summed E-state index contributed by atoms with van der Waals surface area (Å²) in [7, 11) is 0. The molecule has 2 atom stereocenters. The van der Waals surface area contributed by atoms with Crippen LogP contribution in [0.5, 0.6) is 0 Å². The van der Waals surface area contributed by atoms with Gasteiger partial charge in [0.25, 0.3) is 5.91 Å². The number of nitrogens with zero attached hydrogens (tertiary/aromatic N) is 2. The zero-order valence-corrected chi connectivity index (χ0v) is 19.6. The van der Waals surface area contributed by atoms with Crippen LogP contribution in [0.4, 0.5) is 0 Å². The van der Waals surface area contributed by atoms with E-state index < -0.39 is 24.6 Å². The second-order valence-corrected chi connectivity index (χ2v) is 8.68. The Labute approximate surface area is 198 Å². The fourth-order valence-electron chi connectivity index (χ4n) is 3.62. The molecule has 5 N–H and O–H groups in total. The van der Waals surface area contributed by atoms with Crippen LogP contribution in [0, 0.1) is 0 Å². The number of aliphatic hydroxyl groups excluding tert-OH is 3. The topological polar surface area (TPSA) is 145 Å². The molecular formula is C23H32ClN3O6. The van der Waals surface area contributed by atoms with Crippen molar-refractivity contribution in [1.82, 2.24) is 14.9 Å². The molecule has 1 aromatic heterocycles. The van der Waals surface area contributed by atoms with Gasteiger partial charge >= 0.3 is 5.97 Å². The quantitative estimate of drug-likeness (QED) is 0.276. The molecule has 0 unspecified atom stereocenters. The van der Waals surface area contributed by atoms with Crippen LogP contribution >= 0.6 is 11.6 Å². The van der Waals surface area contributed by atoms with Gasteiger partial charge in [0.05, 0.1) is 24.3 Å². The summed E-state index contributed by atoms with van der Waals surface area (Å²) >= 11 is 6.02. The van der Waals surface area contributed by atoms with E-state index in [2.05, 4.69) is 10.3 Å². The van der Waals surface area contributed by atoms with Crippen LogP contribution < -0.4 is 5.32 Å². The van der Waals surface area contributed by atoms with E-state index in [4.69, 9.17) is 21.8 Å². The molecule has 0 saturated heterocycles. The highest BCUT2D eigenvalue weighted by atomic mass is 35.5. The van der Waals surface area contributed by atoms with Gasteiger partial charge in [0, 0.05) is 30.3 Å². The molecule has 9 nitrogen and oxygen atoms in total. The predicted molar refractivity (Wildman–Crippen MR) is 124 cm³/mol. The molecule has 0 aliphatic rings. The molecule has 1 heterocycles. The third kappa shape index (κ3) is 7.82. The number of aliphatic hydroxyl groups is 3. The smallest absolute Gasteiger partial charge is 0.305 e. The fraction of sp³-hybridized carbons (Fsp3) is 0.522. The fourth-order valence-corrected chi connectivity index (χ4v) is 3.75. The van der Waals surface area contributed by atoms with Crippen LogP contribution in [-0.4, -0.2) is 67.2 Å². The van der Waals surface area contributed by atoms with Crippen molar-refractivity contribution in [3.63, 3.8) is 0 Å². The number of benzene rings is 1. The molecule has 0 saturated carbocycles. The SMILES string of the molecule is CC(C)c1c(C(=O)NCCCO)nc(-c2ccc(Cl)cc2)n1CC[C@@H](O)C[C@@H](O)CC(=O)O. The number of carboxylic acids is 1. The Kier molecular flexibility index (Phi) is 10.3. The summed E-state index contributed by atoms with van der Waals surface area (Å²) < 4.78 is 1.88. The van der Waals surface area contributed by atoms with Crippen molar-refractivity contribution in [2.45, 2.75) is 64.2 Å². The summed E-state index contributed by atoms with van der Waals surface area (Å²) in [6.45, 7) is 4.47. The lowest BCUT2D eigenvalue weighted by Gasteiger charge is -2.19. The number of amides is 1. The molecule has 0 radical (unpaired) electrons. The van der Waals surface area contributed by atoms with Crippen LogP contribution in [0.1, 0.15) is 61.6 Å². The second-order valence-electron chi connectivity index (χ2n) is 8.25. The maximum absolute atomic E-state index is 12.9. The van der Waals surface area contributed by atoms with E-state index in [0.717, 1.165) is 5.56 Å². The highest BCUT2D eigenvalue weighted by Gasteiger charge is 2.26. The average molecular weight is 482 g/mol. The Bertz CT molecular complexity index is 929. The Hall–Kier alpha value is -2.46. The minimum Gasteiger partial charge on any atom is -0.481 e. The van der Waals surface area contributed by atoms with Crippen LogP contribution in [-0.2, 0) is 11.3 Å². The van der Waals surface area contributed by atoms with Gasteiger partial charge in [-0.3, -0.25) is 9.59 Å². The van der Waals surface area contributed by atoms with Gasteiger partial charge in [0.1, 0.15) is 11.5 Å². The molecule has 1 aromatic carbocycles. The molecule has 0 fully saturated rings. The molecule has 0 aliphatic carbocycles. The number of carbonyl (C=O) groups is 2. The van der Waals surface area contributed by atoms with Crippen LogP contribution in [0.2, 0.25) is 5.02 Å². The zero-order valence-electron chi connectivity index (χ0n) is 18.9. The molecule has 1 amide bonds. The molecule has 0 spiro atoms. The summed E-state index contributed by atoms with van der Waals surface area (Å²) in [5.41, 5.74) is 1.71. The number of imidazole rings is 1. The highest BCUT2D eigenvalue weighted by molar-refractivity contribution is 6.30. The number of aromatic nitrogens is 2. The van der Waals surface area contributed by atoms with E-state index in [-0.39, 0.29) is 37.0 Å². The van der Waals surface area contributed by atoms with Gasteiger partial charge < -0.3 is 30.3 Å². The van der Waals surface area contributed by atoms with E-state index in [1.54, 1.807) is 24.3 Å². The van der Waals surface area contributed by atoms with Crippen LogP contribution in [0.3, 0.4) is 0 Å². The largest absolute Gasteiger partial charge is 0.481 e. The molecule has 10 heteroatoms. The van der Waals surface area contributed by atoms with Gasteiger partial charge in [0.15, 0.2) is 0 Å². The molecule has 2 aromatic rings. The molecule has 33 heavy (non-hydrogen) atoms. The van der Waals surface area contributed by atoms with Crippen molar-refractivity contribution >= 4 is 23.5 Å². The van der Waals surface area contributed by atoms with Gasteiger partial charge in [-0.25, -0.2) is 4.98 Å². The lowest BCUT2D eigenvalue weighted by atomic mass is 10.0.